The third-order valence-corrected chi connectivity index (χ3v) is 21.6. The number of amides is 8. The maximum Gasteiger partial charge on any atom is 0.246 e. The predicted octanol–water partition coefficient (Wildman–Crippen LogP) is -3.79. The average molecular weight is 1600 g/mol. The fourth-order valence-corrected chi connectivity index (χ4v) is 15.1. The Balaban J connectivity index is 0.871. The van der Waals surface area contributed by atoms with E-state index in [1.807, 2.05) is 11.2 Å². The quantitative estimate of drug-likeness (QED) is 0.0224. The van der Waals surface area contributed by atoms with Crippen LogP contribution >= 0.6 is 11.8 Å². The highest BCUT2D eigenvalue weighted by Crippen LogP contribution is 2.37. The molecule has 14 N–H and O–H groups in total. The van der Waals surface area contributed by atoms with Gasteiger partial charge in [-0.25, -0.2) is 0 Å². The number of aromatic amines is 1. The molecule has 1 saturated carbocycles. The molecule has 1 aromatic heterocycles. The number of primary amides is 1. The highest BCUT2D eigenvalue weighted by atomic mass is 32.2. The molecule has 2 fully saturated rings. The van der Waals surface area contributed by atoms with Gasteiger partial charge in [0.1, 0.15) is 52.6 Å². The second-order valence-corrected chi connectivity index (χ2v) is 29.8. The number of methoxy groups -OCH3 is 1. The van der Waals surface area contributed by atoms with Crippen LogP contribution in [0, 0.1) is 29.6 Å². The van der Waals surface area contributed by atoms with Gasteiger partial charge >= 0.3 is 0 Å². The van der Waals surface area contributed by atoms with Gasteiger partial charge in [-0.15, -0.1) is 5.53 Å². The van der Waals surface area contributed by atoms with Crippen LogP contribution in [0.5, 0.6) is 5.75 Å². The number of thioether (sulfide) groups is 1. The number of rotatable bonds is 42. The number of allylic oxidation sites excluding steroid dienone is 1. The Bertz CT molecular complexity index is 3460. The first-order valence-electron chi connectivity index (χ1n) is 37.2. The summed E-state index contributed by atoms with van der Waals surface area (Å²) in [6.45, 7) is 11.1. The fraction of sp³-hybridized carbons (Fsp3) is 0.704. The van der Waals surface area contributed by atoms with E-state index in [9.17, 15) is 68.1 Å². The number of aliphatic hydroxyl groups excluding tert-OH is 3. The molecule has 110 heavy (non-hydrogen) atoms. The number of fused-ring (bicyclic) bond motifs is 5. The number of hydrazine groups is 2. The van der Waals surface area contributed by atoms with E-state index in [2.05, 4.69) is 47.8 Å². The lowest BCUT2D eigenvalue weighted by atomic mass is 9.86. The van der Waals surface area contributed by atoms with Crippen LogP contribution < -0.4 is 53.3 Å². The number of H-pyrrole nitrogens is 1. The van der Waals surface area contributed by atoms with Crippen molar-refractivity contribution in [3.63, 3.8) is 0 Å². The van der Waals surface area contributed by atoms with E-state index in [0.717, 1.165) is 10.6 Å². The number of ketones is 3. The van der Waals surface area contributed by atoms with Crippen LogP contribution in [0.1, 0.15) is 77.3 Å². The summed E-state index contributed by atoms with van der Waals surface area (Å²) in [5.74, 6) is -12.1. The molecule has 2 bridgehead atoms. The van der Waals surface area contributed by atoms with Gasteiger partial charge in [-0.1, -0.05) is 34.1 Å². The van der Waals surface area contributed by atoms with E-state index < -0.39 is 188 Å². The summed E-state index contributed by atoms with van der Waals surface area (Å²) < 4.78 is 71.8. The number of carbonyl (C=O) groups is 11. The number of nitrogens with one attached hydrogen (secondary N) is 9. The summed E-state index contributed by atoms with van der Waals surface area (Å²) >= 11 is 1.44. The number of carbonyl (C=O) groups excluding carboxylic acids is 11. The minimum atomic E-state index is -2.44. The Morgan fingerprint density at radius 3 is 1.86 bits per heavy atom. The fourth-order valence-electron chi connectivity index (χ4n) is 12.8. The molecule has 7 rings (SSSR count). The van der Waals surface area contributed by atoms with Gasteiger partial charge in [0.05, 0.1) is 199 Å². The highest BCUT2D eigenvalue weighted by Gasteiger charge is 2.46. The second-order valence-electron chi connectivity index (χ2n) is 27.3. The lowest BCUT2D eigenvalue weighted by molar-refractivity contribution is -0.144. The average Bonchev–Trinajstić information content (AvgIpc) is 1.61. The first-order chi connectivity index (χ1) is 52.9. The second kappa shape index (κ2) is 47.2. The Hall–Kier alpha value is -7.35. The summed E-state index contributed by atoms with van der Waals surface area (Å²) in [4.78, 5) is 156. The van der Waals surface area contributed by atoms with Crippen LogP contribution in [0.25, 0.3) is 10.9 Å². The lowest BCUT2D eigenvalue weighted by Crippen LogP contribution is -2.62. The van der Waals surface area contributed by atoms with E-state index in [4.69, 9.17) is 53.1 Å². The van der Waals surface area contributed by atoms with E-state index in [1.165, 1.54) is 25.8 Å². The third-order valence-electron chi connectivity index (χ3n) is 19.2. The van der Waals surface area contributed by atoms with Gasteiger partial charge in [0, 0.05) is 90.8 Å². The number of ether oxygens (including phenoxy) is 10. The number of aromatic nitrogens is 1. The summed E-state index contributed by atoms with van der Waals surface area (Å²) in [5.41, 5.74) is 13.4. The Morgan fingerprint density at radius 2 is 1.30 bits per heavy atom. The van der Waals surface area contributed by atoms with Gasteiger partial charge in [0.15, 0.2) is 5.78 Å². The van der Waals surface area contributed by atoms with E-state index in [0.29, 0.717) is 159 Å². The highest BCUT2D eigenvalue weighted by molar-refractivity contribution is 7.98. The summed E-state index contributed by atoms with van der Waals surface area (Å²) in [6, 6.07) is -5.59. The first kappa shape index (κ1) is 89.8. The van der Waals surface area contributed by atoms with Gasteiger partial charge in [0.25, 0.3) is 0 Å². The molecular formula is C71H110N12O25S2. The molecule has 1 aliphatic carbocycles. The number of Topliss-reactive ketones (excluding diaryl/α,β-unsaturated/α-hetero) is 3. The van der Waals surface area contributed by atoms with Crippen molar-refractivity contribution >= 4 is 98.1 Å². The standard InChI is InChI=1S/C71H110N12O25S2/c1-6-42(2)49-31-46(85)35-73-66(93)53-33-50-48-7-8-59(99-5)52(40-109-28-27-108-26-25-107-24-23-106-22-21-105-20-19-104-18-17-103-16-15-102-14-13-101-12-11-100-10-9-82-37-45(80-81-82)30-51-57(87)29-43(3)64(51)91)63(48)79-70(50)110(98)41-55(75-61(90)36-74-65(49)92)67(94)77-54(34-60(72)89)71(97)83-38-47(86)32-56(83)68(95)78-62(69(96)76-53)44(4)58(88)39-84/h7-8,37,42-44,47,49,51,53-56,58,62,79-81,84,86,88H,6,9-36,38-41H2,1-5H3,(H2,72,89)(H,73,93)(H,74,92)(H,75,90)(H,76,96)(H,77,94)(H,78,95)/t42-,43?,44-,47+,49-,51?,53-,54-,55+,56-,58-,62-,110?/m0/s1. The largest absolute Gasteiger partial charge is 0.496 e. The maximum atomic E-state index is 15.4. The number of nitrogens with zero attached hydrogens (tertiary/aromatic N) is 2. The molecule has 39 heteroatoms. The van der Waals surface area contributed by atoms with Crippen LogP contribution in [0.3, 0.4) is 0 Å². The van der Waals surface area contributed by atoms with Crippen molar-refractivity contribution in [3.8, 4) is 5.75 Å². The third kappa shape index (κ3) is 28.1. The Morgan fingerprint density at radius 1 is 0.709 bits per heavy atom. The number of nitrogens with two attached hydrogens (primary N) is 1. The molecule has 13 atom stereocenters. The summed E-state index contributed by atoms with van der Waals surface area (Å²) in [5, 5.41) is 49.2. The molecule has 4 aliphatic heterocycles. The Kier molecular flexibility index (Phi) is 38.6. The normalized spacial score (nSPS) is 24.4. The van der Waals surface area contributed by atoms with Crippen molar-refractivity contribution in [2.24, 2.45) is 35.3 Å². The zero-order chi connectivity index (χ0) is 79.7. The minimum absolute atomic E-state index is 0.000320. The SMILES string of the molecule is CC[C@H](C)[C@@H]1CC(=O)CNC(=O)[C@@H]2Cc3c([nH]c4c(CSCCOCCOCCOCCOCCOCCOCCOCCOCCOCCN5C=C(CC6C(=O)CC(C)C6=O)NN5)c(OC)ccc34)S(=O)C[C@@H](NC(=O)CNC1=O)C(=O)N[C@@H](CC(N)=O)C(=O)N1C[C@H](O)C[C@H]1C(=O)N[C@@H]([C@@H](C)[C@@H](O)CO)C(=O)N2. The molecule has 37 nitrogen and oxygen atoms in total. The molecule has 3 unspecified atom stereocenters. The smallest absolute Gasteiger partial charge is 0.246 e. The number of aliphatic hydroxyl groups is 3. The number of hydrogen-bond acceptors (Lipinski definition) is 29. The maximum absolute atomic E-state index is 15.4. The van der Waals surface area contributed by atoms with Crippen LogP contribution in [0.15, 0.2) is 29.1 Å². The summed E-state index contributed by atoms with van der Waals surface area (Å²) in [7, 11) is -0.999. The van der Waals surface area contributed by atoms with Crippen molar-refractivity contribution < 1.29 is 120 Å². The van der Waals surface area contributed by atoms with Gasteiger partial charge in [-0.2, -0.15) is 11.8 Å². The Labute approximate surface area is 645 Å². The van der Waals surface area contributed by atoms with E-state index >= 15 is 4.21 Å². The zero-order valence-corrected chi connectivity index (χ0v) is 64.7. The van der Waals surface area contributed by atoms with Gasteiger partial charge < -0.3 is 116 Å². The topological polar surface area (TPSA) is 502 Å². The molecule has 1 aromatic carbocycles. The molecular weight excluding hydrogens is 1480 g/mol. The van der Waals surface area contributed by atoms with Crippen molar-refractivity contribution in [1.82, 2.24) is 57.8 Å². The van der Waals surface area contributed by atoms with Crippen molar-refractivity contribution in [2.45, 2.75) is 126 Å². The molecule has 1 saturated heterocycles. The van der Waals surface area contributed by atoms with E-state index in [-0.39, 0.29) is 47.0 Å². The number of hydrogen-bond donors (Lipinski definition) is 13. The van der Waals surface area contributed by atoms with Gasteiger partial charge in [-0.05, 0) is 23.6 Å². The van der Waals surface area contributed by atoms with Crippen LogP contribution in [-0.4, -0.2) is 312 Å². The minimum Gasteiger partial charge on any atom is -0.496 e. The predicted molar refractivity (Wildman–Crippen MR) is 395 cm³/mol. The van der Waals surface area contributed by atoms with Crippen LogP contribution in [0.2, 0.25) is 0 Å². The first-order valence-corrected chi connectivity index (χ1v) is 39.6. The van der Waals surface area contributed by atoms with Gasteiger partial charge in [-0.3, -0.25) is 62.0 Å². The zero-order valence-electron chi connectivity index (χ0n) is 63.1. The molecule has 5 heterocycles. The molecule has 0 spiro atoms. The molecule has 0 radical (unpaired) electrons. The lowest BCUT2D eigenvalue weighted by Gasteiger charge is -2.32. The van der Waals surface area contributed by atoms with Crippen LogP contribution in [-0.2, 0) is 118 Å². The molecule has 2 aromatic rings. The van der Waals surface area contributed by atoms with Crippen molar-refractivity contribution in [1.29, 1.82) is 0 Å². The monoisotopic (exact) mass is 1590 g/mol. The number of benzene rings is 1. The van der Waals surface area contributed by atoms with Crippen molar-refractivity contribution in [2.75, 3.05) is 170 Å². The van der Waals surface area contributed by atoms with Crippen molar-refractivity contribution in [3.05, 3.63) is 35.2 Å². The van der Waals surface area contributed by atoms with Gasteiger partial charge in [0.2, 0.25) is 47.3 Å². The molecule has 5 aliphatic rings. The summed E-state index contributed by atoms with van der Waals surface area (Å²) in [6.07, 6.45) is -2.34. The molecule has 8 amide bonds. The van der Waals surface area contributed by atoms with Crippen LogP contribution in [0.4, 0.5) is 0 Å². The van der Waals surface area contributed by atoms with E-state index in [1.54, 1.807) is 32.9 Å². The molecule has 616 valence electrons.